The number of nitrogens with zero attached hydrogens (tertiary/aromatic N) is 3. The van der Waals surface area contributed by atoms with E-state index in [1.165, 1.54) is 10.4 Å². The summed E-state index contributed by atoms with van der Waals surface area (Å²) in [5, 5.41) is 7.65. The Kier molecular flexibility index (Phi) is 6.35. The Bertz CT molecular complexity index is 1050. The molecule has 1 aliphatic rings. The Morgan fingerprint density at radius 2 is 1.65 bits per heavy atom. The third-order valence-electron chi connectivity index (χ3n) is 5.40. The zero-order valence-corrected chi connectivity index (χ0v) is 20.2. The quantitative estimate of drug-likeness (QED) is 0.756. The van der Waals surface area contributed by atoms with Crippen LogP contribution in [0.1, 0.15) is 76.9 Å². The van der Waals surface area contributed by atoms with Gasteiger partial charge in [0.25, 0.3) is 5.91 Å². The highest BCUT2D eigenvalue weighted by Gasteiger charge is 2.28. The summed E-state index contributed by atoms with van der Waals surface area (Å²) in [7, 11) is -3.60. The fraction of sp³-hybridized carbons (Fsp3) is 0.565. The van der Waals surface area contributed by atoms with Crippen LogP contribution in [0.5, 0.6) is 0 Å². The van der Waals surface area contributed by atoms with Crippen LogP contribution in [-0.2, 0) is 21.0 Å². The Morgan fingerprint density at radius 1 is 1.00 bits per heavy atom. The number of aromatic nitrogens is 2. The van der Waals surface area contributed by atoms with E-state index in [0.29, 0.717) is 24.5 Å². The topological polar surface area (TPSA) is 84.3 Å². The lowest BCUT2D eigenvalue weighted by Gasteiger charge is -2.26. The molecule has 0 radical (unpaired) electrons. The van der Waals surface area contributed by atoms with Gasteiger partial charge in [-0.1, -0.05) is 33.3 Å². The van der Waals surface area contributed by atoms with Crippen LogP contribution in [0.3, 0.4) is 0 Å². The molecule has 1 saturated heterocycles. The maximum absolute atomic E-state index is 13.0. The molecule has 0 bridgehead atoms. The van der Waals surface area contributed by atoms with Crippen molar-refractivity contribution in [3.63, 3.8) is 0 Å². The minimum absolute atomic E-state index is 0.154. The molecule has 1 aliphatic heterocycles. The van der Waals surface area contributed by atoms with E-state index < -0.39 is 10.0 Å². The van der Waals surface area contributed by atoms with Crippen molar-refractivity contribution < 1.29 is 13.2 Å². The lowest BCUT2D eigenvalue weighted by molar-refractivity contribution is 0.102. The molecule has 7 nitrogen and oxygen atoms in total. The van der Waals surface area contributed by atoms with Crippen LogP contribution in [0.4, 0.5) is 5.82 Å². The molecule has 1 amide bonds. The number of nitrogens with one attached hydrogen (secondary N) is 1. The van der Waals surface area contributed by atoms with E-state index in [2.05, 4.69) is 26.1 Å². The van der Waals surface area contributed by atoms with E-state index in [-0.39, 0.29) is 21.8 Å². The van der Waals surface area contributed by atoms with Crippen molar-refractivity contribution >= 4 is 21.7 Å². The van der Waals surface area contributed by atoms with Gasteiger partial charge < -0.3 is 5.32 Å². The summed E-state index contributed by atoms with van der Waals surface area (Å²) in [4.78, 5) is 13.2. The average molecular weight is 447 g/mol. The number of hydrogen-bond acceptors (Lipinski definition) is 4. The highest BCUT2D eigenvalue weighted by atomic mass is 32.2. The highest BCUT2D eigenvalue weighted by Crippen LogP contribution is 2.29. The second-order valence-corrected chi connectivity index (χ2v) is 12.1. The molecule has 0 aliphatic carbocycles. The normalized spacial score (nSPS) is 16.3. The summed E-state index contributed by atoms with van der Waals surface area (Å²) < 4.78 is 29.3. The number of benzene rings is 1. The first-order valence-electron chi connectivity index (χ1n) is 10.8. The van der Waals surface area contributed by atoms with Gasteiger partial charge in [-0.25, -0.2) is 13.1 Å². The van der Waals surface area contributed by atoms with Gasteiger partial charge in [0.1, 0.15) is 5.82 Å². The Morgan fingerprint density at radius 3 is 2.23 bits per heavy atom. The molecule has 0 unspecified atom stereocenters. The lowest BCUT2D eigenvalue weighted by Crippen LogP contribution is -2.35. The highest BCUT2D eigenvalue weighted by molar-refractivity contribution is 7.89. The Labute approximate surface area is 185 Å². The Balaban J connectivity index is 1.90. The maximum atomic E-state index is 13.0. The van der Waals surface area contributed by atoms with E-state index in [1.807, 2.05) is 26.8 Å². The minimum Gasteiger partial charge on any atom is -0.307 e. The number of rotatable bonds is 4. The predicted octanol–water partition coefficient (Wildman–Crippen LogP) is 4.36. The van der Waals surface area contributed by atoms with Gasteiger partial charge in [-0.3, -0.25) is 4.79 Å². The fourth-order valence-corrected chi connectivity index (χ4v) is 5.15. The molecular formula is C23H34N4O3S. The van der Waals surface area contributed by atoms with Crippen molar-refractivity contribution in [2.75, 3.05) is 18.4 Å². The third-order valence-corrected chi connectivity index (χ3v) is 7.30. The van der Waals surface area contributed by atoms with Gasteiger partial charge in [-0.05, 0) is 51.8 Å². The molecule has 0 spiro atoms. The first kappa shape index (κ1) is 23.5. The third kappa shape index (κ3) is 5.18. The molecule has 31 heavy (non-hydrogen) atoms. The van der Waals surface area contributed by atoms with Crippen LogP contribution in [0, 0.1) is 0 Å². The summed E-state index contributed by atoms with van der Waals surface area (Å²) in [6.07, 6.45) is 2.78. The maximum Gasteiger partial charge on any atom is 0.256 e. The van der Waals surface area contributed by atoms with Crippen LogP contribution in [-0.4, -0.2) is 41.5 Å². The van der Waals surface area contributed by atoms with Crippen LogP contribution in [0.15, 0.2) is 35.2 Å². The van der Waals surface area contributed by atoms with Gasteiger partial charge in [0.15, 0.2) is 0 Å². The molecule has 1 aromatic carbocycles. The zero-order valence-electron chi connectivity index (χ0n) is 19.4. The molecule has 3 rings (SSSR count). The van der Waals surface area contributed by atoms with Gasteiger partial charge in [0, 0.05) is 30.1 Å². The van der Waals surface area contributed by atoms with Crippen LogP contribution >= 0.6 is 0 Å². The second kappa shape index (κ2) is 8.39. The molecule has 1 aromatic heterocycles. The van der Waals surface area contributed by atoms with Crippen LogP contribution in [0.25, 0.3) is 0 Å². The number of carbonyl (C=O) groups excluding carboxylic acids is 1. The second-order valence-electron chi connectivity index (χ2n) is 10.2. The summed E-state index contributed by atoms with van der Waals surface area (Å²) in [5.41, 5.74) is 0.681. The van der Waals surface area contributed by atoms with Gasteiger partial charge >= 0.3 is 0 Å². The van der Waals surface area contributed by atoms with Crippen molar-refractivity contribution in [2.45, 2.75) is 76.7 Å². The van der Waals surface area contributed by atoms with E-state index in [1.54, 1.807) is 22.9 Å². The van der Waals surface area contributed by atoms with Crippen molar-refractivity contribution in [1.29, 1.82) is 0 Å². The lowest BCUT2D eigenvalue weighted by atomic mass is 9.92. The summed E-state index contributed by atoms with van der Waals surface area (Å²) >= 11 is 0. The summed E-state index contributed by atoms with van der Waals surface area (Å²) in [5.74, 6) is 0.230. The monoisotopic (exact) mass is 446 g/mol. The number of hydrogen-bond donors (Lipinski definition) is 1. The van der Waals surface area contributed by atoms with Crippen molar-refractivity contribution in [3.05, 3.63) is 41.6 Å². The first-order chi connectivity index (χ1) is 14.3. The zero-order chi connectivity index (χ0) is 23.0. The molecule has 170 valence electrons. The first-order valence-corrected chi connectivity index (χ1v) is 12.3. The smallest absolute Gasteiger partial charge is 0.256 e. The predicted molar refractivity (Wildman–Crippen MR) is 123 cm³/mol. The van der Waals surface area contributed by atoms with Gasteiger partial charge in [-0.2, -0.15) is 9.40 Å². The van der Waals surface area contributed by atoms with Crippen molar-refractivity contribution in [1.82, 2.24) is 14.1 Å². The summed E-state index contributed by atoms with van der Waals surface area (Å²) in [6.45, 7) is 13.3. The van der Waals surface area contributed by atoms with Gasteiger partial charge in [-0.15, -0.1) is 0 Å². The molecule has 0 atom stereocenters. The number of sulfonamides is 1. The summed E-state index contributed by atoms with van der Waals surface area (Å²) in [6, 6.07) is 8.15. The molecule has 2 aromatic rings. The number of carbonyl (C=O) groups is 1. The van der Waals surface area contributed by atoms with E-state index in [9.17, 15) is 13.2 Å². The standard InChI is InChI=1S/C23H34N4O3S/c1-22(2,3)19-16-20(27(25-19)23(4,5)6)24-21(28)17-11-10-12-18(15-17)31(29,30)26-13-8-7-9-14-26/h10-12,15-16H,7-9,13-14H2,1-6H3,(H,24,28). The number of piperidine rings is 1. The molecule has 2 heterocycles. The van der Waals surface area contributed by atoms with Gasteiger partial charge in [0.2, 0.25) is 10.0 Å². The number of anilines is 1. The molecular weight excluding hydrogens is 412 g/mol. The minimum atomic E-state index is -3.60. The van der Waals surface area contributed by atoms with Gasteiger partial charge in [0.05, 0.1) is 16.1 Å². The molecule has 8 heteroatoms. The van der Waals surface area contributed by atoms with E-state index in [4.69, 9.17) is 5.10 Å². The average Bonchev–Trinajstić information content (AvgIpc) is 3.13. The van der Waals surface area contributed by atoms with E-state index in [0.717, 1.165) is 25.0 Å². The van der Waals surface area contributed by atoms with E-state index >= 15 is 0 Å². The van der Waals surface area contributed by atoms with Crippen LogP contribution < -0.4 is 5.32 Å². The Hall–Kier alpha value is -2.19. The SMILES string of the molecule is CC(C)(C)c1cc(NC(=O)c2cccc(S(=O)(=O)N3CCCCC3)c2)n(C(C)(C)C)n1. The molecule has 1 fully saturated rings. The van der Waals surface area contributed by atoms with Crippen LogP contribution in [0.2, 0.25) is 0 Å². The van der Waals surface area contributed by atoms with Crippen molar-refractivity contribution in [2.24, 2.45) is 0 Å². The number of amides is 1. The fourth-order valence-electron chi connectivity index (χ4n) is 3.59. The largest absolute Gasteiger partial charge is 0.307 e. The molecule has 0 saturated carbocycles. The van der Waals surface area contributed by atoms with Crippen molar-refractivity contribution in [3.8, 4) is 0 Å². The molecule has 1 N–H and O–H groups in total.